The molecule has 1 fully saturated rings. The van der Waals surface area contributed by atoms with Crippen molar-refractivity contribution in [3.63, 3.8) is 0 Å². The lowest BCUT2D eigenvalue weighted by Gasteiger charge is -2.31. The Bertz CT molecular complexity index is 804. The lowest BCUT2D eigenvalue weighted by atomic mass is 9.91. The second-order valence-electron chi connectivity index (χ2n) is 7.19. The van der Waals surface area contributed by atoms with Crippen molar-refractivity contribution in [2.75, 3.05) is 13.1 Å². The summed E-state index contributed by atoms with van der Waals surface area (Å²) < 4.78 is 29.3. The van der Waals surface area contributed by atoms with Gasteiger partial charge in [-0.05, 0) is 51.5 Å². The van der Waals surface area contributed by atoms with Crippen LogP contribution in [0.25, 0.3) is 0 Å². The van der Waals surface area contributed by atoms with Crippen LogP contribution in [0, 0.1) is 12.8 Å². The summed E-state index contributed by atoms with van der Waals surface area (Å²) in [5.74, 6) is 0.549. The molecule has 0 radical (unpaired) electrons. The zero-order valence-corrected chi connectivity index (χ0v) is 16.0. The van der Waals surface area contributed by atoms with Crippen LogP contribution in [0.4, 0.5) is 0 Å². The van der Waals surface area contributed by atoms with Gasteiger partial charge in [0.2, 0.25) is 10.0 Å². The van der Waals surface area contributed by atoms with Crippen molar-refractivity contribution in [2.45, 2.75) is 51.0 Å². The summed E-state index contributed by atoms with van der Waals surface area (Å²) in [6, 6.07) is 10.6. The Morgan fingerprint density at radius 3 is 2.36 bits per heavy atom. The molecule has 0 saturated carbocycles. The predicted molar refractivity (Wildman–Crippen MR) is 99.0 cm³/mol. The molecule has 136 valence electrons. The molecule has 1 aliphatic heterocycles. The minimum atomic E-state index is -3.45. The van der Waals surface area contributed by atoms with Crippen LogP contribution in [0.5, 0.6) is 0 Å². The van der Waals surface area contributed by atoms with Gasteiger partial charge in [-0.1, -0.05) is 30.3 Å². The number of piperidine rings is 1. The summed E-state index contributed by atoms with van der Waals surface area (Å²) in [5, 5.41) is 4.35. The highest BCUT2D eigenvalue weighted by atomic mass is 32.2. The number of hydrogen-bond donors (Lipinski definition) is 0. The molecule has 0 spiro atoms. The van der Waals surface area contributed by atoms with Crippen molar-refractivity contribution in [3.8, 4) is 0 Å². The molecule has 3 rings (SSSR count). The molecule has 0 atom stereocenters. The molecule has 2 aromatic rings. The monoisotopic (exact) mass is 361 g/mol. The summed E-state index contributed by atoms with van der Waals surface area (Å²) >= 11 is 0. The Labute approximate surface area is 150 Å². The van der Waals surface area contributed by atoms with Crippen LogP contribution < -0.4 is 0 Å². The van der Waals surface area contributed by atoms with Gasteiger partial charge in [0, 0.05) is 25.3 Å². The van der Waals surface area contributed by atoms with E-state index in [-0.39, 0.29) is 6.04 Å². The molecule has 0 bridgehead atoms. The Morgan fingerprint density at radius 1 is 1.16 bits per heavy atom. The quantitative estimate of drug-likeness (QED) is 0.820. The molecular weight excluding hydrogens is 334 g/mol. The Balaban J connectivity index is 1.67. The molecule has 6 heteroatoms. The molecule has 1 aromatic carbocycles. The molecule has 2 heterocycles. The van der Waals surface area contributed by atoms with E-state index in [0.29, 0.717) is 29.6 Å². The van der Waals surface area contributed by atoms with Crippen molar-refractivity contribution in [1.82, 2.24) is 14.1 Å². The van der Waals surface area contributed by atoms with Crippen LogP contribution >= 0.6 is 0 Å². The number of aromatic nitrogens is 2. The van der Waals surface area contributed by atoms with Gasteiger partial charge in [0.05, 0.1) is 5.69 Å². The van der Waals surface area contributed by atoms with Gasteiger partial charge in [0.25, 0.3) is 0 Å². The maximum absolute atomic E-state index is 13.0. The van der Waals surface area contributed by atoms with Crippen LogP contribution in [0.3, 0.4) is 0 Å². The fourth-order valence-electron chi connectivity index (χ4n) is 3.42. The average Bonchev–Trinajstić information content (AvgIpc) is 2.99. The molecule has 0 unspecified atom stereocenters. The van der Waals surface area contributed by atoms with Gasteiger partial charge < -0.3 is 0 Å². The highest BCUT2D eigenvalue weighted by Gasteiger charge is 2.32. The Kier molecular flexibility index (Phi) is 5.29. The largest absolute Gasteiger partial charge is 0.269 e. The third kappa shape index (κ3) is 3.96. The third-order valence-corrected chi connectivity index (χ3v) is 6.96. The fraction of sp³-hybridized carbons (Fsp3) is 0.526. The third-order valence-electron chi connectivity index (χ3n) is 4.96. The summed E-state index contributed by atoms with van der Waals surface area (Å²) in [5.41, 5.74) is 1.91. The van der Waals surface area contributed by atoms with E-state index in [0.717, 1.165) is 19.3 Å². The number of aryl methyl sites for hydroxylation is 1. The number of sulfonamides is 1. The van der Waals surface area contributed by atoms with E-state index in [1.807, 2.05) is 19.9 Å². The average molecular weight is 362 g/mol. The SMILES string of the molecule is Cc1nn(C(C)C)cc1S(=O)(=O)N1CCC(Cc2ccccc2)CC1. The van der Waals surface area contributed by atoms with Crippen LogP contribution in [-0.2, 0) is 16.4 Å². The van der Waals surface area contributed by atoms with Crippen molar-refractivity contribution >= 4 is 10.0 Å². The topological polar surface area (TPSA) is 55.2 Å². The second-order valence-corrected chi connectivity index (χ2v) is 9.10. The summed E-state index contributed by atoms with van der Waals surface area (Å²) in [7, 11) is -3.45. The Hall–Kier alpha value is -1.66. The Morgan fingerprint density at radius 2 is 1.80 bits per heavy atom. The highest BCUT2D eigenvalue weighted by molar-refractivity contribution is 7.89. The first-order valence-corrected chi connectivity index (χ1v) is 10.4. The van der Waals surface area contributed by atoms with Gasteiger partial charge in [-0.25, -0.2) is 8.42 Å². The van der Waals surface area contributed by atoms with Gasteiger partial charge >= 0.3 is 0 Å². The van der Waals surface area contributed by atoms with Gasteiger partial charge in [0.15, 0.2) is 0 Å². The molecule has 1 saturated heterocycles. The van der Waals surface area contributed by atoms with Crippen molar-refractivity contribution in [2.24, 2.45) is 5.92 Å². The fourth-order valence-corrected chi connectivity index (χ4v) is 5.05. The molecule has 25 heavy (non-hydrogen) atoms. The van der Waals surface area contributed by atoms with Gasteiger partial charge in [0.1, 0.15) is 4.90 Å². The zero-order chi connectivity index (χ0) is 18.0. The highest BCUT2D eigenvalue weighted by Crippen LogP contribution is 2.27. The van der Waals surface area contributed by atoms with Crippen molar-refractivity contribution in [3.05, 3.63) is 47.8 Å². The minimum absolute atomic E-state index is 0.152. The van der Waals surface area contributed by atoms with E-state index in [2.05, 4.69) is 29.4 Å². The summed E-state index contributed by atoms with van der Waals surface area (Å²) in [6.07, 6.45) is 4.52. The molecule has 5 nitrogen and oxygen atoms in total. The molecule has 1 aromatic heterocycles. The zero-order valence-electron chi connectivity index (χ0n) is 15.2. The van der Waals surface area contributed by atoms with Crippen LogP contribution in [-0.4, -0.2) is 35.6 Å². The van der Waals surface area contributed by atoms with Crippen LogP contribution in [0.15, 0.2) is 41.4 Å². The van der Waals surface area contributed by atoms with Gasteiger partial charge in [-0.3, -0.25) is 4.68 Å². The second kappa shape index (κ2) is 7.30. The van der Waals surface area contributed by atoms with Gasteiger partial charge in [-0.15, -0.1) is 0 Å². The summed E-state index contributed by atoms with van der Waals surface area (Å²) in [4.78, 5) is 0.350. The van der Waals surface area contributed by atoms with E-state index in [1.165, 1.54) is 5.56 Å². The van der Waals surface area contributed by atoms with Gasteiger partial charge in [-0.2, -0.15) is 9.40 Å². The summed E-state index contributed by atoms with van der Waals surface area (Å²) in [6.45, 7) is 6.95. The number of nitrogens with zero attached hydrogens (tertiary/aromatic N) is 3. The molecule has 0 aliphatic carbocycles. The van der Waals surface area contributed by atoms with Crippen LogP contribution in [0.2, 0.25) is 0 Å². The van der Waals surface area contributed by atoms with E-state index in [9.17, 15) is 8.42 Å². The number of hydrogen-bond acceptors (Lipinski definition) is 3. The number of rotatable bonds is 5. The number of benzene rings is 1. The molecule has 1 aliphatic rings. The van der Waals surface area contributed by atoms with E-state index < -0.39 is 10.0 Å². The lowest BCUT2D eigenvalue weighted by Crippen LogP contribution is -2.39. The smallest absolute Gasteiger partial charge is 0.246 e. The van der Waals surface area contributed by atoms with E-state index in [4.69, 9.17) is 0 Å². The van der Waals surface area contributed by atoms with E-state index >= 15 is 0 Å². The van der Waals surface area contributed by atoms with Crippen LogP contribution in [0.1, 0.15) is 44.0 Å². The predicted octanol–water partition coefficient (Wildman–Crippen LogP) is 3.42. The molecular formula is C19H27N3O2S. The van der Waals surface area contributed by atoms with E-state index in [1.54, 1.807) is 22.1 Å². The van der Waals surface area contributed by atoms with Crippen molar-refractivity contribution in [1.29, 1.82) is 0 Å². The standard InChI is InChI=1S/C19H27N3O2S/c1-15(2)22-14-19(16(3)20-22)25(23,24)21-11-9-18(10-12-21)13-17-7-5-4-6-8-17/h4-8,14-15,18H,9-13H2,1-3H3. The first-order valence-electron chi connectivity index (χ1n) is 8.97. The molecule has 0 amide bonds. The normalized spacial score (nSPS) is 17.3. The first-order chi connectivity index (χ1) is 11.9. The molecule has 0 N–H and O–H groups in total. The maximum Gasteiger partial charge on any atom is 0.246 e. The lowest BCUT2D eigenvalue weighted by molar-refractivity contribution is 0.272. The minimum Gasteiger partial charge on any atom is -0.269 e. The maximum atomic E-state index is 13.0. The first kappa shape index (κ1) is 18.1. The van der Waals surface area contributed by atoms with Crippen molar-refractivity contribution < 1.29 is 8.42 Å².